The fraction of sp³-hybridized carbons (Fsp3) is 0. The Labute approximate surface area is 138 Å². The predicted molar refractivity (Wildman–Crippen MR) is 89.5 cm³/mol. The van der Waals surface area contributed by atoms with Gasteiger partial charge >= 0.3 is 0 Å². The molecule has 0 spiro atoms. The van der Waals surface area contributed by atoms with Crippen molar-refractivity contribution in [3.05, 3.63) is 100 Å². The maximum atomic E-state index is 12.7. The maximum absolute atomic E-state index is 12.7. The average molecular weight is 325 g/mol. The van der Waals surface area contributed by atoms with Gasteiger partial charge in [-0.05, 0) is 18.2 Å². The minimum Gasteiger partial charge on any atom is -0.456 e. The van der Waals surface area contributed by atoms with Crippen LogP contribution in [-0.2, 0) is 0 Å². The normalized spacial score (nSPS) is 10.2. The highest BCUT2D eigenvalue weighted by atomic mass is 16.6. The number of non-ortho nitro benzene ring substituents is 1. The first kappa shape index (κ1) is 15.4. The lowest BCUT2D eigenvalue weighted by molar-refractivity contribution is -0.384. The van der Waals surface area contributed by atoms with E-state index >= 15 is 0 Å². The van der Waals surface area contributed by atoms with Crippen molar-refractivity contribution in [1.29, 1.82) is 0 Å². The Balaban J connectivity index is 2.05. The van der Waals surface area contributed by atoms with Gasteiger partial charge in [0.05, 0.1) is 16.6 Å². The van der Waals surface area contributed by atoms with Gasteiger partial charge in [-0.1, -0.05) is 48.5 Å². The molecule has 0 radical (unpaired) electrons. The van der Waals surface area contributed by atoms with Gasteiger partial charge in [0.15, 0.2) is 5.78 Å². The van der Waals surface area contributed by atoms with Crippen molar-refractivity contribution in [2.24, 2.45) is 0 Å². The summed E-state index contributed by atoms with van der Waals surface area (Å²) in [6.07, 6.45) is 0. The highest BCUT2D eigenvalue weighted by Crippen LogP contribution is 2.31. The number of benzene rings is 3. The Hall–Kier alpha value is -3.47. The zero-order valence-electron chi connectivity index (χ0n) is 12.6. The molecule has 5 heteroatoms. The summed E-state index contributed by atoms with van der Waals surface area (Å²) in [5.74, 6) is 0.404. The van der Waals surface area contributed by atoms with Crippen molar-refractivity contribution in [3.8, 4) is 11.5 Å². The summed E-state index contributed by atoms with van der Waals surface area (Å²) < 4.78 is 5.72. The number of carbonyl (C=O) groups is 1. The van der Waals surface area contributed by atoms with E-state index in [2.05, 4.69) is 0 Å². The van der Waals surface area contributed by atoms with E-state index in [9.17, 15) is 14.9 Å². The Morgan fingerprint density at radius 2 is 1.50 bits per heavy atom. The number of nitrogens with zero attached hydrogens (tertiary/aromatic N) is 1. The fourth-order valence-electron chi connectivity index (χ4n) is 2.26. The molecule has 0 aliphatic carbocycles. The van der Waals surface area contributed by atoms with E-state index in [0.29, 0.717) is 11.3 Å². The molecule has 118 valence electrons. The van der Waals surface area contributed by atoms with Crippen LogP contribution in [0.4, 0.5) is 5.69 Å². The molecular weight excluding hydrogens is 312 g/mol. The molecule has 0 unspecified atom stereocenters. The van der Waals surface area contributed by atoms with Crippen molar-refractivity contribution in [2.45, 2.75) is 0 Å². The Morgan fingerprint density at radius 3 is 2.12 bits per heavy atom. The van der Waals surface area contributed by atoms with E-state index < -0.39 is 4.92 Å². The molecule has 0 atom stereocenters. The molecule has 0 amide bonds. The lowest BCUT2D eigenvalue weighted by atomic mass is 10.0. The van der Waals surface area contributed by atoms with Crippen LogP contribution in [0.25, 0.3) is 0 Å². The maximum Gasteiger partial charge on any atom is 0.273 e. The molecule has 24 heavy (non-hydrogen) atoms. The van der Waals surface area contributed by atoms with E-state index in [1.54, 1.807) is 48.5 Å². The summed E-state index contributed by atoms with van der Waals surface area (Å²) in [5, 5.41) is 11.0. The van der Waals surface area contributed by atoms with Gasteiger partial charge in [0, 0.05) is 11.6 Å². The summed E-state index contributed by atoms with van der Waals surface area (Å²) in [6, 6.07) is 21.5. The van der Waals surface area contributed by atoms with Crippen LogP contribution in [-0.4, -0.2) is 10.7 Å². The molecule has 0 saturated heterocycles. The summed E-state index contributed by atoms with van der Waals surface area (Å²) >= 11 is 0. The first-order chi connectivity index (χ1) is 11.6. The molecule has 3 aromatic carbocycles. The minimum absolute atomic E-state index is 0.134. The quantitative estimate of drug-likeness (QED) is 0.390. The number of nitro benzene ring substituents is 1. The summed E-state index contributed by atoms with van der Waals surface area (Å²) in [5.41, 5.74) is 0.630. The lowest BCUT2D eigenvalue weighted by Gasteiger charge is -2.10. The molecule has 0 heterocycles. The molecule has 5 nitrogen and oxygen atoms in total. The van der Waals surface area contributed by atoms with Crippen LogP contribution in [0.5, 0.6) is 11.5 Å². The van der Waals surface area contributed by atoms with Gasteiger partial charge in [-0.2, -0.15) is 0 Å². The standard InChI is InChI=1S/C19H13NO4/c21-19(14-7-3-1-4-8-14)17-12-11-15(20(22)23)13-18(17)24-16-9-5-2-6-10-16/h1-13H/i2+1,5+1,6+1,9+1,10+1,16+1. The molecule has 0 bridgehead atoms. The van der Waals surface area contributed by atoms with Crippen LogP contribution in [0, 0.1) is 10.1 Å². The molecule has 0 saturated carbocycles. The van der Waals surface area contributed by atoms with Crippen molar-refractivity contribution in [3.63, 3.8) is 0 Å². The highest BCUT2D eigenvalue weighted by Gasteiger charge is 2.19. The molecular formula is C19H13NO4. The van der Waals surface area contributed by atoms with Crippen molar-refractivity contribution in [1.82, 2.24) is 0 Å². The molecule has 0 aliphatic rings. The van der Waals surface area contributed by atoms with Crippen molar-refractivity contribution in [2.75, 3.05) is 0 Å². The Bertz CT molecular complexity index is 876. The van der Waals surface area contributed by atoms with Crippen molar-refractivity contribution < 1.29 is 14.5 Å². The second-order valence-corrected chi connectivity index (χ2v) is 5.05. The van der Waals surface area contributed by atoms with Crippen molar-refractivity contribution >= 4 is 11.5 Å². The summed E-state index contributed by atoms with van der Waals surface area (Å²) in [4.78, 5) is 23.2. The molecule has 0 aliphatic heterocycles. The second kappa shape index (κ2) is 6.75. The van der Waals surface area contributed by atoms with Crippen LogP contribution in [0.15, 0.2) is 78.9 Å². The average Bonchev–Trinajstić information content (AvgIpc) is 2.62. The number of para-hydroxylation sites is 1. The SMILES string of the molecule is O=C(c1ccccc1)c1ccc([N+](=O)[O-])cc1O[13c]1[13cH][13cH][13cH][13cH][13cH]1. The molecule has 0 aromatic heterocycles. The second-order valence-electron chi connectivity index (χ2n) is 5.05. The van der Waals surface area contributed by atoms with Crippen LogP contribution in [0.3, 0.4) is 0 Å². The van der Waals surface area contributed by atoms with Gasteiger partial charge in [0.25, 0.3) is 5.69 Å². The molecule has 0 fully saturated rings. The van der Waals surface area contributed by atoms with E-state index in [4.69, 9.17) is 4.74 Å². The third kappa shape index (κ3) is 3.30. The number of rotatable bonds is 5. The van der Waals surface area contributed by atoms with Crippen LogP contribution in [0.2, 0.25) is 0 Å². The number of hydrogen-bond acceptors (Lipinski definition) is 4. The zero-order chi connectivity index (χ0) is 16.9. The number of ketones is 1. The van der Waals surface area contributed by atoms with Gasteiger partial charge in [0.1, 0.15) is 11.5 Å². The fourth-order valence-corrected chi connectivity index (χ4v) is 2.26. The van der Waals surface area contributed by atoms with Gasteiger partial charge in [0.2, 0.25) is 0 Å². The van der Waals surface area contributed by atoms with E-state index in [1.165, 1.54) is 18.2 Å². The van der Waals surface area contributed by atoms with Gasteiger partial charge in [-0.15, -0.1) is 0 Å². The molecule has 3 aromatic rings. The highest BCUT2D eigenvalue weighted by molar-refractivity contribution is 6.10. The third-order valence-corrected chi connectivity index (χ3v) is 3.43. The third-order valence-electron chi connectivity index (χ3n) is 3.43. The summed E-state index contributed by atoms with van der Waals surface area (Å²) in [7, 11) is 0. The zero-order valence-corrected chi connectivity index (χ0v) is 12.6. The number of carbonyl (C=O) groups excluding carboxylic acids is 1. The van der Waals surface area contributed by atoms with Gasteiger partial charge < -0.3 is 4.74 Å². The minimum atomic E-state index is -0.519. The number of nitro groups is 1. The Morgan fingerprint density at radius 1 is 0.875 bits per heavy atom. The topological polar surface area (TPSA) is 69.4 Å². The first-order valence-corrected chi connectivity index (χ1v) is 7.26. The summed E-state index contributed by atoms with van der Waals surface area (Å²) in [6.45, 7) is 0. The first-order valence-electron chi connectivity index (χ1n) is 7.26. The smallest absolute Gasteiger partial charge is 0.273 e. The van der Waals surface area contributed by atoms with E-state index in [0.717, 1.165) is 0 Å². The van der Waals surface area contributed by atoms with Crippen LogP contribution >= 0.6 is 0 Å². The van der Waals surface area contributed by atoms with Crippen LogP contribution in [0.1, 0.15) is 15.9 Å². The number of hydrogen-bond donors (Lipinski definition) is 0. The Kier molecular flexibility index (Phi) is 4.34. The monoisotopic (exact) mass is 325 g/mol. The predicted octanol–water partition coefficient (Wildman–Crippen LogP) is 4.62. The lowest BCUT2D eigenvalue weighted by Crippen LogP contribution is -2.04. The van der Waals surface area contributed by atoms with E-state index in [-0.39, 0.29) is 22.8 Å². The van der Waals surface area contributed by atoms with Gasteiger partial charge in [-0.25, -0.2) is 0 Å². The van der Waals surface area contributed by atoms with Gasteiger partial charge in [-0.3, -0.25) is 14.9 Å². The van der Waals surface area contributed by atoms with Crippen LogP contribution < -0.4 is 4.74 Å². The number of ether oxygens (including phenoxy) is 1. The van der Waals surface area contributed by atoms with E-state index in [1.807, 2.05) is 12.1 Å². The molecule has 3 rings (SSSR count). The largest absolute Gasteiger partial charge is 0.456 e. The molecule has 0 N–H and O–H groups in total.